The second-order valence-electron chi connectivity index (χ2n) is 7.15. The molecule has 0 saturated carbocycles. The highest BCUT2D eigenvalue weighted by Crippen LogP contribution is 2.21. The molecule has 2 unspecified atom stereocenters. The molecule has 0 radical (unpaired) electrons. The Morgan fingerprint density at radius 1 is 1.07 bits per heavy atom. The van der Waals surface area contributed by atoms with Crippen molar-refractivity contribution in [3.63, 3.8) is 0 Å². The predicted octanol–water partition coefficient (Wildman–Crippen LogP) is 2.87. The Hall–Kier alpha value is -2.70. The zero-order chi connectivity index (χ0) is 19.9. The maximum absolute atomic E-state index is 12.5. The maximum Gasteiger partial charge on any atom is 0.255 e. The lowest BCUT2D eigenvalue weighted by Crippen LogP contribution is -2.47. The number of ether oxygens (including phenoxy) is 1. The Kier molecular flexibility index (Phi) is 6.79. The van der Waals surface area contributed by atoms with Crippen molar-refractivity contribution in [1.82, 2.24) is 5.32 Å². The molecule has 2 amide bonds. The number of benzene rings is 2. The normalized spacial score (nSPS) is 16.8. The van der Waals surface area contributed by atoms with E-state index < -0.39 is 6.04 Å². The Morgan fingerprint density at radius 2 is 1.79 bits per heavy atom. The fourth-order valence-electron chi connectivity index (χ4n) is 3.36. The van der Waals surface area contributed by atoms with Crippen molar-refractivity contribution in [2.45, 2.75) is 31.8 Å². The first kappa shape index (κ1) is 20.0. The monoisotopic (exact) mass is 381 g/mol. The molecule has 0 bridgehead atoms. The quantitative estimate of drug-likeness (QED) is 0.717. The fourth-order valence-corrected chi connectivity index (χ4v) is 3.36. The van der Waals surface area contributed by atoms with Crippen LogP contribution in [0.1, 0.15) is 41.7 Å². The van der Waals surface area contributed by atoms with Crippen LogP contribution in [0.2, 0.25) is 0 Å². The van der Waals surface area contributed by atoms with E-state index in [0.717, 1.165) is 18.4 Å². The van der Waals surface area contributed by atoms with Gasteiger partial charge in [0.05, 0.1) is 12.1 Å². The van der Waals surface area contributed by atoms with E-state index in [2.05, 4.69) is 10.6 Å². The summed E-state index contributed by atoms with van der Waals surface area (Å²) in [6.45, 7) is 3.22. The van der Waals surface area contributed by atoms with Crippen molar-refractivity contribution in [3.8, 4) is 0 Å². The lowest BCUT2D eigenvalue weighted by atomic mass is 9.91. The molecule has 3 rings (SSSR count). The summed E-state index contributed by atoms with van der Waals surface area (Å²) in [5.41, 5.74) is 8.33. The van der Waals surface area contributed by atoms with E-state index in [1.165, 1.54) is 0 Å². The van der Waals surface area contributed by atoms with Gasteiger partial charge in [-0.05, 0) is 55.5 Å². The zero-order valence-corrected chi connectivity index (χ0v) is 16.1. The number of rotatable bonds is 6. The predicted molar refractivity (Wildman–Crippen MR) is 109 cm³/mol. The summed E-state index contributed by atoms with van der Waals surface area (Å²) in [6, 6.07) is 15.8. The van der Waals surface area contributed by atoms with Gasteiger partial charge >= 0.3 is 0 Å². The smallest absolute Gasteiger partial charge is 0.255 e. The molecule has 0 aliphatic carbocycles. The second kappa shape index (κ2) is 9.48. The minimum atomic E-state index is -0.535. The van der Waals surface area contributed by atoms with E-state index in [-0.39, 0.29) is 23.8 Å². The average molecular weight is 381 g/mol. The Balaban J connectivity index is 1.61. The van der Waals surface area contributed by atoms with Gasteiger partial charge in [-0.2, -0.15) is 0 Å². The molecule has 2 atom stereocenters. The maximum atomic E-state index is 12.5. The van der Waals surface area contributed by atoms with E-state index in [1.54, 1.807) is 12.1 Å². The summed E-state index contributed by atoms with van der Waals surface area (Å²) in [5.74, 6) is -0.174. The summed E-state index contributed by atoms with van der Waals surface area (Å²) in [5, 5.41) is 5.88. The summed E-state index contributed by atoms with van der Waals surface area (Å²) < 4.78 is 5.34. The Bertz CT molecular complexity index is 804. The van der Waals surface area contributed by atoms with Crippen molar-refractivity contribution < 1.29 is 14.3 Å². The minimum Gasteiger partial charge on any atom is -0.381 e. The first-order valence-electron chi connectivity index (χ1n) is 9.64. The highest BCUT2D eigenvalue weighted by atomic mass is 16.5. The molecule has 6 heteroatoms. The van der Waals surface area contributed by atoms with Crippen LogP contribution in [0.3, 0.4) is 0 Å². The third-order valence-corrected chi connectivity index (χ3v) is 5.12. The van der Waals surface area contributed by atoms with Gasteiger partial charge in [0, 0.05) is 24.5 Å². The lowest BCUT2D eigenvalue weighted by Gasteiger charge is -2.28. The Morgan fingerprint density at radius 3 is 2.50 bits per heavy atom. The molecule has 1 fully saturated rings. The number of nitrogens with one attached hydrogen (secondary N) is 2. The van der Waals surface area contributed by atoms with Crippen molar-refractivity contribution in [1.29, 1.82) is 0 Å². The summed E-state index contributed by atoms with van der Waals surface area (Å²) in [7, 11) is 0. The molecule has 4 N–H and O–H groups in total. The molecule has 1 saturated heterocycles. The molecular formula is C22H27N3O3. The van der Waals surface area contributed by atoms with E-state index in [0.29, 0.717) is 24.5 Å². The number of anilines is 1. The highest BCUT2D eigenvalue weighted by Gasteiger charge is 2.27. The highest BCUT2D eigenvalue weighted by molar-refractivity contribution is 6.04. The first-order chi connectivity index (χ1) is 13.5. The van der Waals surface area contributed by atoms with Crippen LogP contribution >= 0.6 is 0 Å². The van der Waals surface area contributed by atoms with Crippen LogP contribution in [0.4, 0.5) is 5.69 Å². The largest absolute Gasteiger partial charge is 0.381 e. The van der Waals surface area contributed by atoms with Gasteiger partial charge in [0.25, 0.3) is 5.91 Å². The molecule has 148 valence electrons. The standard InChI is InChI=1S/C22H27N3O3/c1-15(24-22(27)20(23)16-10-12-28-13-11-16)18-8-5-9-19(14-18)25-21(26)17-6-3-2-4-7-17/h2-9,14-16,20H,10-13,23H2,1H3,(H,24,27)(H,25,26). The number of nitrogens with two attached hydrogens (primary N) is 1. The van der Waals surface area contributed by atoms with Crippen molar-refractivity contribution in [2.75, 3.05) is 18.5 Å². The number of hydrogen-bond donors (Lipinski definition) is 3. The van der Waals surface area contributed by atoms with Crippen LogP contribution in [-0.4, -0.2) is 31.1 Å². The molecule has 0 aromatic heterocycles. The Labute approximate surface area is 165 Å². The third kappa shape index (κ3) is 5.18. The molecule has 1 aliphatic heterocycles. The van der Waals surface area contributed by atoms with Gasteiger partial charge in [-0.3, -0.25) is 9.59 Å². The number of hydrogen-bond acceptors (Lipinski definition) is 4. The summed E-state index contributed by atoms with van der Waals surface area (Å²) in [4.78, 5) is 24.9. The van der Waals surface area contributed by atoms with Crippen LogP contribution in [0.15, 0.2) is 54.6 Å². The van der Waals surface area contributed by atoms with Gasteiger partial charge in [0.2, 0.25) is 5.91 Å². The first-order valence-corrected chi connectivity index (χ1v) is 9.64. The molecule has 2 aromatic carbocycles. The number of carbonyl (C=O) groups is 2. The van der Waals surface area contributed by atoms with Crippen molar-refractivity contribution >= 4 is 17.5 Å². The van der Waals surface area contributed by atoms with Crippen molar-refractivity contribution in [3.05, 3.63) is 65.7 Å². The molecule has 0 spiro atoms. The molecule has 2 aromatic rings. The van der Waals surface area contributed by atoms with Gasteiger partial charge in [0.1, 0.15) is 0 Å². The average Bonchev–Trinajstić information content (AvgIpc) is 2.74. The summed E-state index contributed by atoms with van der Waals surface area (Å²) >= 11 is 0. The van der Waals surface area contributed by atoms with Crippen molar-refractivity contribution in [2.24, 2.45) is 11.7 Å². The van der Waals surface area contributed by atoms with Gasteiger partial charge in [-0.15, -0.1) is 0 Å². The van der Waals surface area contributed by atoms with E-state index in [1.807, 2.05) is 49.4 Å². The zero-order valence-electron chi connectivity index (χ0n) is 16.1. The number of amides is 2. The van der Waals surface area contributed by atoms with Crippen LogP contribution in [-0.2, 0) is 9.53 Å². The SMILES string of the molecule is CC(NC(=O)C(N)C1CCOCC1)c1cccc(NC(=O)c2ccccc2)c1. The molecule has 1 aliphatic rings. The molecule has 1 heterocycles. The van der Waals surface area contributed by atoms with Crippen LogP contribution in [0, 0.1) is 5.92 Å². The minimum absolute atomic E-state index is 0.150. The topological polar surface area (TPSA) is 93.5 Å². The van der Waals surface area contributed by atoms with Crippen LogP contribution in [0.5, 0.6) is 0 Å². The third-order valence-electron chi connectivity index (χ3n) is 5.12. The van der Waals surface area contributed by atoms with E-state index in [4.69, 9.17) is 10.5 Å². The van der Waals surface area contributed by atoms with Gasteiger partial charge in [0.15, 0.2) is 0 Å². The summed E-state index contributed by atoms with van der Waals surface area (Å²) in [6.07, 6.45) is 1.62. The number of carbonyl (C=O) groups excluding carboxylic acids is 2. The van der Waals surface area contributed by atoms with Crippen LogP contribution in [0.25, 0.3) is 0 Å². The van der Waals surface area contributed by atoms with Crippen LogP contribution < -0.4 is 16.4 Å². The second-order valence-corrected chi connectivity index (χ2v) is 7.15. The van der Waals surface area contributed by atoms with Gasteiger partial charge in [-0.1, -0.05) is 30.3 Å². The molecule has 28 heavy (non-hydrogen) atoms. The van der Waals surface area contributed by atoms with Gasteiger partial charge in [-0.25, -0.2) is 0 Å². The van der Waals surface area contributed by atoms with E-state index in [9.17, 15) is 9.59 Å². The van der Waals surface area contributed by atoms with Gasteiger partial charge < -0.3 is 21.1 Å². The molecule has 6 nitrogen and oxygen atoms in total. The fraction of sp³-hybridized carbons (Fsp3) is 0.364. The van der Waals surface area contributed by atoms with E-state index >= 15 is 0 Å². The molecular weight excluding hydrogens is 354 g/mol. The lowest BCUT2D eigenvalue weighted by molar-refractivity contribution is -0.125.